The summed E-state index contributed by atoms with van der Waals surface area (Å²) in [5, 5.41) is 4.36. The standard InChI is InChI=1S/C11H18N2/c1-2-9-5-8(1)6-10(9)7-12-13-11-3-4-11/h7-11,13H,1-6H2/b12-7+. The summed E-state index contributed by atoms with van der Waals surface area (Å²) >= 11 is 0. The Balaban J connectivity index is 1.51. The summed E-state index contributed by atoms with van der Waals surface area (Å²) in [5.41, 5.74) is 3.21. The molecular formula is C11H18N2. The molecule has 2 heteroatoms. The van der Waals surface area contributed by atoms with Gasteiger partial charge in [-0.05, 0) is 49.9 Å². The highest BCUT2D eigenvalue weighted by atomic mass is 15.3. The molecule has 3 fully saturated rings. The van der Waals surface area contributed by atoms with Crippen molar-refractivity contribution in [2.45, 2.75) is 44.6 Å². The van der Waals surface area contributed by atoms with Crippen molar-refractivity contribution >= 4 is 6.21 Å². The van der Waals surface area contributed by atoms with Gasteiger partial charge in [0.25, 0.3) is 0 Å². The number of fused-ring (bicyclic) bond motifs is 2. The Labute approximate surface area is 79.8 Å². The maximum Gasteiger partial charge on any atom is 0.0441 e. The predicted molar refractivity (Wildman–Crippen MR) is 53.6 cm³/mol. The van der Waals surface area contributed by atoms with Crippen LogP contribution in [0.4, 0.5) is 0 Å². The van der Waals surface area contributed by atoms with Crippen LogP contribution in [0.1, 0.15) is 38.5 Å². The third-order valence-electron chi connectivity index (χ3n) is 3.89. The molecule has 3 rings (SSSR count). The van der Waals surface area contributed by atoms with Crippen LogP contribution in [0.2, 0.25) is 0 Å². The first-order valence-corrected chi connectivity index (χ1v) is 5.70. The zero-order chi connectivity index (χ0) is 8.67. The van der Waals surface area contributed by atoms with Crippen molar-refractivity contribution in [1.29, 1.82) is 0 Å². The Hall–Kier alpha value is -0.530. The van der Waals surface area contributed by atoms with Crippen LogP contribution < -0.4 is 5.43 Å². The van der Waals surface area contributed by atoms with E-state index in [1.807, 2.05) is 0 Å². The van der Waals surface area contributed by atoms with Crippen LogP contribution in [0.3, 0.4) is 0 Å². The van der Waals surface area contributed by atoms with Gasteiger partial charge < -0.3 is 5.43 Å². The average molecular weight is 178 g/mol. The molecule has 3 aliphatic carbocycles. The fraction of sp³-hybridized carbons (Fsp3) is 0.909. The molecule has 3 atom stereocenters. The first-order chi connectivity index (χ1) is 6.42. The lowest BCUT2D eigenvalue weighted by molar-refractivity contribution is 0.419. The maximum atomic E-state index is 4.36. The topological polar surface area (TPSA) is 24.4 Å². The summed E-state index contributed by atoms with van der Waals surface area (Å²) in [6, 6.07) is 0.717. The predicted octanol–water partition coefficient (Wildman–Crippen LogP) is 2.16. The monoisotopic (exact) mass is 178 g/mol. The van der Waals surface area contributed by atoms with E-state index in [0.29, 0.717) is 0 Å². The van der Waals surface area contributed by atoms with Crippen molar-refractivity contribution in [2.24, 2.45) is 22.9 Å². The fourth-order valence-corrected chi connectivity index (χ4v) is 2.93. The lowest BCUT2D eigenvalue weighted by atomic mass is 9.90. The summed E-state index contributed by atoms with van der Waals surface area (Å²) in [6.07, 6.45) is 10.7. The Bertz CT molecular complexity index is 220. The molecule has 2 nitrogen and oxygen atoms in total. The number of hydrogen-bond donors (Lipinski definition) is 1. The summed E-state index contributed by atoms with van der Waals surface area (Å²) in [4.78, 5) is 0. The molecule has 3 unspecified atom stereocenters. The lowest BCUT2D eigenvalue weighted by Crippen LogP contribution is -2.15. The minimum Gasteiger partial charge on any atom is -0.307 e. The molecule has 0 radical (unpaired) electrons. The minimum absolute atomic E-state index is 0.717. The van der Waals surface area contributed by atoms with E-state index in [9.17, 15) is 0 Å². The number of hydrogen-bond acceptors (Lipinski definition) is 2. The number of nitrogens with zero attached hydrogens (tertiary/aromatic N) is 1. The zero-order valence-corrected chi connectivity index (χ0v) is 8.08. The molecule has 0 heterocycles. The van der Waals surface area contributed by atoms with Crippen molar-refractivity contribution < 1.29 is 0 Å². The van der Waals surface area contributed by atoms with Crippen molar-refractivity contribution in [2.75, 3.05) is 0 Å². The van der Waals surface area contributed by atoms with Gasteiger partial charge in [0.15, 0.2) is 0 Å². The molecule has 0 aliphatic heterocycles. The van der Waals surface area contributed by atoms with Gasteiger partial charge >= 0.3 is 0 Å². The molecule has 0 aromatic rings. The third-order valence-corrected chi connectivity index (χ3v) is 3.89. The quantitative estimate of drug-likeness (QED) is 0.520. The molecule has 3 aliphatic rings. The van der Waals surface area contributed by atoms with Crippen LogP contribution in [0.5, 0.6) is 0 Å². The molecule has 72 valence electrons. The van der Waals surface area contributed by atoms with Crippen LogP contribution in [0.15, 0.2) is 5.10 Å². The van der Waals surface area contributed by atoms with E-state index in [4.69, 9.17) is 0 Å². The second-order valence-electron chi connectivity index (χ2n) is 5.02. The maximum absolute atomic E-state index is 4.36. The van der Waals surface area contributed by atoms with Gasteiger partial charge in [0.05, 0.1) is 0 Å². The SMILES string of the molecule is C(=N\NC1CC1)/C1CC2CCC1C2. The highest BCUT2D eigenvalue weighted by molar-refractivity contribution is 5.61. The third kappa shape index (κ3) is 1.59. The summed E-state index contributed by atoms with van der Waals surface area (Å²) in [6.45, 7) is 0. The van der Waals surface area contributed by atoms with E-state index in [1.165, 1.54) is 38.5 Å². The van der Waals surface area contributed by atoms with Crippen molar-refractivity contribution in [3.8, 4) is 0 Å². The van der Waals surface area contributed by atoms with Crippen LogP contribution in [0, 0.1) is 17.8 Å². The summed E-state index contributed by atoms with van der Waals surface area (Å²) in [7, 11) is 0. The van der Waals surface area contributed by atoms with E-state index in [0.717, 1.165) is 23.8 Å². The van der Waals surface area contributed by atoms with Crippen LogP contribution in [-0.4, -0.2) is 12.3 Å². The highest BCUT2D eigenvalue weighted by Crippen LogP contribution is 2.47. The largest absolute Gasteiger partial charge is 0.307 e. The smallest absolute Gasteiger partial charge is 0.0441 e. The molecule has 0 aromatic heterocycles. The normalized spacial score (nSPS) is 43.2. The van der Waals surface area contributed by atoms with Crippen LogP contribution in [0.25, 0.3) is 0 Å². The second-order valence-corrected chi connectivity index (χ2v) is 5.02. The van der Waals surface area contributed by atoms with Crippen molar-refractivity contribution in [3.63, 3.8) is 0 Å². The Morgan fingerprint density at radius 2 is 2.00 bits per heavy atom. The van der Waals surface area contributed by atoms with Crippen LogP contribution >= 0.6 is 0 Å². The van der Waals surface area contributed by atoms with E-state index >= 15 is 0 Å². The zero-order valence-electron chi connectivity index (χ0n) is 8.08. The Kier molecular flexibility index (Phi) is 1.81. The first kappa shape index (κ1) is 7.84. The molecule has 2 bridgehead atoms. The van der Waals surface area contributed by atoms with Crippen molar-refractivity contribution in [1.82, 2.24) is 5.43 Å². The summed E-state index contributed by atoms with van der Waals surface area (Å²) in [5.74, 6) is 2.84. The first-order valence-electron chi connectivity index (χ1n) is 5.70. The molecule has 0 aromatic carbocycles. The number of hydrazone groups is 1. The summed E-state index contributed by atoms with van der Waals surface area (Å²) < 4.78 is 0. The van der Waals surface area contributed by atoms with Gasteiger partial charge in [-0.3, -0.25) is 0 Å². The van der Waals surface area contributed by atoms with Crippen molar-refractivity contribution in [3.05, 3.63) is 0 Å². The number of rotatable bonds is 3. The van der Waals surface area contributed by atoms with Gasteiger partial charge in [0, 0.05) is 12.3 Å². The minimum atomic E-state index is 0.717. The Morgan fingerprint density at radius 1 is 1.08 bits per heavy atom. The highest BCUT2D eigenvalue weighted by Gasteiger charge is 2.38. The molecule has 1 N–H and O–H groups in total. The van der Waals surface area contributed by atoms with Gasteiger partial charge in [-0.1, -0.05) is 6.42 Å². The molecule has 13 heavy (non-hydrogen) atoms. The van der Waals surface area contributed by atoms with Gasteiger partial charge in [0.1, 0.15) is 0 Å². The van der Waals surface area contributed by atoms with E-state index in [1.54, 1.807) is 0 Å². The lowest BCUT2D eigenvalue weighted by Gasteiger charge is -2.16. The van der Waals surface area contributed by atoms with Crippen LogP contribution in [-0.2, 0) is 0 Å². The van der Waals surface area contributed by atoms with E-state index in [2.05, 4.69) is 16.7 Å². The fourth-order valence-electron chi connectivity index (χ4n) is 2.93. The average Bonchev–Trinajstić information content (AvgIpc) is 2.74. The van der Waals surface area contributed by atoms with Gasteiger partial charge in [-0.2, -0.15) is 5.10 Å². The molecular weight excluding hydrogens is 160 g/mol. The molecule has 0 amide bonds. The van der Waals surface area contributed by atoms with Gasteiger partial charge in [-0.25, -0.2) is 0 Å². The molecule has 0 spiro atoms. The number of nitrogens with one attached hydrogen (secondary N) is 1. The molecule has 3 saturated carbocycles. The Morgan fingerprint density at radius 3 is 2.62 bits per heavy atom. The van der Waals surface area contributed by atoms with E-state index < -0.39 is 0 Å². The van der Waals surface area contributed by atoms with Gasteiger partial charge in [0.2, 0.25) is 0 Å². The van der Waals surface area contributed by atoms with Gasteiger partial charge in [-0.15, -0.1) is 0 Å². The molecule has 0 saturated heterocycles. The second kappa shape index (κ2) is 3.00. The van der Waals surface area contributed by atoms with E-state index in [-0.39, 0.29) is 0 Å².